The van der Waals surface area contributed by atoms with Crippen LogP contribution in [0.3, 0.4) is 0 Å². The smallest absolute Gasteiger partial charge is 0.139 e. The zero-order chi connectivity index (χ0) is 37.9. The van der Waals surface area contributed by atoms with Crippen LogP contribution in [0.1, 0.15) is 28.3 Å². The van der Waals surface area contributed by atoms with Gasteiger partial charge in [-0.3, -0.25) is 0 Å². The Morgan fingerprint density at radius 1 is 0.500 bits per heavy atom. The predicted octanol–water partition coefficient (Wildman–Crippen LogP) is 15.2. The zero-order valence-corrected chi connectivity index (χ0v) is 32.2. The van der Waals surface area contributed by atoms with Gasteiger partial charge in [0.1, 0.15) is 11.2 Å². The number of thiophene rings is 1. The fourth-order valence-corrected chi connectivity index (χ4v) is 11.3. The molecule has 272 valence electrons. The number of benzene rings is 8. The zero-order valence-electron chi connectivity index (χ0n) is 31.4. The monoisotopic (exact) mass is 758 g/mol. The minimum atomic E-state index is 0.117. The molecule has 4 heteroatoms. The van der Waals surface area contributed by atoms with Gasteiger partial charge in [0.25, 0.3) is 0 Å². The van der Waals surface area contributed by atoms with Crippen molar-refractivity contribution in [2.45, 2.75) is 12.3 Å². The van der Waals surface area contributed by atoms with Crippen molar-refractivity contribution >= 4 is 98.7 Å². The SMILES string of the molecule is C1=C(n2c3ccccc3c3ccc(-c4cccc5c6ccccc6n(-c6ccccc6)c45)cc32)CC(c2cccc3c2oc2ccccc23)c2sc3ccccc3c21. The summed E-state index contributed by atoms with van der Waals surface area (Å²) in [7, 11) is 0. The molecular formula is C54H34N2OS. The summed E-state index contributed by atoms with van der Waals surface area (Å²) in [6.07, 6.45) is 3.32. The molecule has 1 atom stereocenters. The van der Waals surface area contributed by atoms with Crippen molar-refractivity contribution in [2.24, 2.45) is 0 Å². The van der Waals surface area contributed by atoms with Crippen LogP contribution in [-0.4, -0.2) is 9.13 Å². The van der Waals surface area contributed by atoms with Gasteiger partial charge in [-0.15, -0.1) is 11.3 Å². The molecule has 1 aliphatic rings. The van der Waals surface area contributed by atoms with Crippen LogP contribution < -0.4 is 0 Å². The molecule has 8 aromatic carbocycles. The molecule has 0 spiro atoms. The molecule has 12 aromatic rings. The molecule has 0 bridgehead atoms. The van der Waals surface area contributed by atoms with E-state index in [0.717, 1.165) is 23.3 Å². The number of allylic oxidation sites excluding steroid dienone is 1. The van der Waals surface area contributed by atoms with Crippen molar-refractivity contribution in [3.05, 3.63) is 198 Å². The van der Waals surface area contributed by atoms with E-state index >= 15 is 0 Å². The lowest BCUT2D eigenvalue weighted by molar-refractivity contribution is 0.656. The van der Waals surface area contributed by atoms with E-state index in [1.807, 2.05) is 11.3 Å². The van der Waals surface area contributed by atoms with E-state index < -0.39 is 0 Å². The van der Waals surface area contributed by atoms with Crippen molar-refractivity contribution in [3.8, 4) is 16.8 Å². The van der Waals surface area contributed by atoms with Gasteiger partial charge in [0.2, 0.25) is 0 Å². The Kier molecular flexibility index (Phi) is 6.72. The highest BCUT2D eigenvalue weighted by Crippen LogP contribution is 2.51. The van der Waals surface area contributed by atoms with Crippen molar-refractivity contribution in [2.75, 3.05) is 0 Å². The minimum absolute atomic E-state index is 0.117. The Hall–Kier alpha value is -7.14. The first-order valence-corrected chi connectivity index (χ1v) is 20.8. The molecule has 0 saturated heterocycles. The van der Waals surface area contributed by atoms with E-state index in [-0.39, 0.29) is 5.92 Å². The Morgan fingerprint density at radius 3 is 2.02 bits per heavy atom. The van der Waals surface area contributed by atoms with Gasteiger partial charge in [-0.2, -0.15) is 0 Å². The first kappa shape index (κ1) is 32.0. The molecule has 0 amide bonds. The first-order valence-electron chi connectivity index (χ1n) is 20.0. The molecule has 1 unspecified atom stereocenters. The van der Waals surface area contributed by atoms with Gasteiger partial charge in [-0.1, -0.05) is 140 Å². The third-order valence-corrected chi connectivity index (χ3v) is 13.8. The van der Waals surface area contributed by atoms with E-state index in [9.17, 15) is 0 Å². The van der Waals surface area contributed by atoms with Crippen LogP contribution in [0.4, 0.5) is 0 Å². The number of para-hydroxylation sites is 6. The molecule has 0 fully saturated rings. The standard InChI is InChI=1S/C54H34N2OS/c1-2-14-34(15-3-1)56-48-25-9-5-17-38(48)42-21-12-20-36(52(42)56)33-28-29-39-37-16-4-8-24-47(37)55(49(39)30-33)35-31-45-41-19-7-11-27-51(41)58-54(45)46(32-35)44-23-13-22-43-40-18-6-10-26-50(40)57-53(43)44/h1-31,46H,32H2. The highest BCUT2D eigenvalue weighted by atomic mass is 32.1. The van der Waals surface area contributed by atoms with Gasteiger partial charge in [0, 0.05) is 75.7 Å². The molecule has 0 N–H and O–H groups in total. The average molecular weight is 759 g/mol. The van der Waals surface area contributed by atoms with Crippen LogP contribution in [0.5, 0.6) is 0 Å². The molecule has 4 aromatic heterocycles. The average Bonchev–Trinajstić information content (AvgIpc) is 4.04. The third kappa shape index (κ3) is 4.49. The highest BCUT2D eigenvalue weighted by Gasteiger charge is 2.31. The normalized spacial score (nSPS) is 14.4. The Balaban J connectivity index is 1.07. The lowest BCUT2D eigenvalue weighted by atomic mass is 9.84. The molecule has 0 saturated carbocycles. The van der Waals surface area contributed by atoms with Crippen LogP contribution >= 0.6 is 11.3 Å². The summed E-state index contributed by atoms with van der Waals surface area (Å²) in [4.78, 5) is 1.40. The van der Waals surface area contributed by atoms with E-state index in [0.29, 0.717) is 0 Å². The molecular weight excluding hydrogens is 725 g/mol. The van der Waals surface area contributed by atoms with Gasteiger partial charge in [0.15, 0.2) is 0 Å². The third-order valence-electron chi connectivity index (χ3n) is 12.5. The van der Waals surface area contributed by atoms with Crippen LogP contribution in [0.15, 0.2) is 186 Å². The maximum absolute atomic E-state index is 6.73. The van der Waals surface area contributed by atoms with Gasteiger partial charge in [-0.05, 0) is 66.1 Å². The summed E-state index contributed by atoms with van der Waals surface area (Å²) < 4.78 is 13.0. The van der Waals surface area contributed by atoms with Crippen LogP contribution in [0.2, 0.25) is 0 Å². The molecule has 3 nitrogen and oxygen atoms in total. The Bertz CT molecular complexity index is 3670. The van der Waals surface area contributed by atoms with Gasteiger partial charge in [0.05, 0.1) is 22.1 Å². The second kappa shape index (κ2) is 12.2. The van der Waals surface area contributed by atoms with E-state index in [2.05, 4.69) is 197 Å². The van der Waals surface area contributed by atoms with Crippen LogP contribution in [0.25, 0.3) is 104 Å². The largest absolute Gasteiger partial charge is 0.456 e. The maximum atomic E-state index is 6.73. The van der Waals surface area contributed by atoms with Crippen LogP contribution in [-0.2, 0) is 0 Å². The van der Waals surface area contributed by atoms with Crippen molar-refractivity contribution in [1.82, 2.24) is 9.13 Å². The lowest BCUT2D eigenvalue weighted by Crippen LogP contribution is -2.10. The molecule has 4 heterocycles. The van der Waals surface area contributed by atoms with Gasteiger partial charge < -0.3 is 13.6 Å². The number of nitrogens with zero attached hydrogens (tertiary/aromatic N) is 2. The molecule has 0 aliphatic heterocycles. The summed E-state index contributed by atoms with van der Waals surface area (Å²) >= 11 is 1.93. The Labute approximate surface area is 337 Å². The van der Waals surface area contributed by atoms with E-state index in [1.54, 1.807) is 0 Å². The van der Waals surface area contributed by atoms with Crippen LogP contribution in [0, 0.1) is 0 Å². The first-order chi connectivity index (χ1) is 28.8. The maximum Gasteiger partial charge on any atom is 0.139 e. The lowest BCUT2D eigenvalue weighted by Gasteiger charge is -2.26. The Morgan fingerprint density at radius 2 is 1.16 bits per heavy atom. The molecule has 0 radical (unpaired) electrons. The second-order valence-electron chi connectivity index (χ2n) is 15.6. The van der Waals surface area contributed by atoms with Gasteiger partial charge >= 0.3 is 0 Å². The van der Waals surface area contributed by atoms with E-state index in [1.165, 1.54) is 97.3 Å². The van der Waals surface area contributed by atoms with Gasteiger partial charge in [-0.25, -0.2) is 0 Å². The van der Waals surface area contributed by atoms with Crippen molar-refractivity contribution < 1.29 is 4.42 Å². The summed E-state index contributed by atoms with van der Waals surface area (Å²) in [6.45, 7) is 0. The quantitative estimate of drug-likeness (QED) is 0.175. The second-order valence-corrected chi connectivity index (χ2v) is 16.6. The summed E-state index contributed by atoms with van der Waals surface area (Å²) in [6, 6.07) is 66.4. The number of hydrogen-bond donors (Lipinski definition) is 0. The summed E-state index contributed by atoms with van der Waals surface area (Å²) in [5.41, 5.74) is 14.2. The number of aromatic nitrogens is 2. The molecule has 58 heavy (non-hydrogen) atoms. The fourth-order valence-electron chi connectivity index (χ4n) is 10.0. The molecule has 13 rings (SSSR count). The topological polar surface area (TPSA) is 23.0 Å². The summed E-state index contributed by atoms with van der Waals surface area (Å²) in [5, 5.41) is 8.69. The van der Waals surface area contributed by atoms with Crippen molar-refractivity contribution in [1.29, 1.82) is 0 Å². The van der Waals surface area contributed by atoms with E-state index in [4.69, 9.17) is 4.42 Å². The predicted molar refractivity (Wildman–Crippen MR) is 245 cm³/mol. The highest BCUT2D eigenvalue weighted by molar-refractivity contribution is 7.19. The number of hydrogen-bond acceptors (Lipinski definition) is 2. The summed E-state index contributed by atoms with van der Waals surface area (Å²) in [5.74, 6) is 0.117. The number of furan rings is 1. The number of rotatable bonds is 4. The van der Waals surface area contributed by atoms with Crippen molar-refractivity contribution in [3.63, 3.8) is 0 Å². The molecule has 1 aliphatic carbocycles. The number of fused-ring (bicyclic) bond motifs is 12. The fraction of sp³-hybridized carbons (Fsp3) is 0.0370. The minimum Gasteiger partial charge on any atom is -0.456 e.